The highest BCUT2D eigenvalue weighted by Gasteiger charge is 2.38. The summed E-state index contributed by atoms with van der Waals surface area (Å²) in [5, 5.41) is 4.56. The lowest BCUT2D eigenvalue weighted by Gasteiger charge is -2.13. The number of aromatic nitrogens is 3. The van der Waals surface area contributed by atoms with Gasteiger partial charge < -0.3 is 10.1 Å². The smallest absolute Gasteiger partial charge is 0.416 e. The SMILES string of the molecule is CC1Oc2c(c(=O)n(C)c(=O)n2C)C1CC(=O)Nc1nc(-c2ccc(C(F)(F)F)cc2)cs1. The number of carbonyl (C=O) groups excluding carboxylic acids is 1. The number of hydrogen-bond acceptors (Lipinski definition) is 6. The number of anilines is 1. The molecule has 0 bridgehead atoms. The number of amides is 1. The number of benzene rings is 1. The Morgan fingerprint density at radius 3 is 2.48 bits per heavy atom. The lowest BCUT2D eigenvalue weighted by Crippen LogP contribution is -2.38. The van der Waals surface area contributed by atoms with Gasteiger partial charge in [0.05, 0.1) is 16.8 Å². The number of hydrogen-bond donors (Lipinski definition) is 1. The number of ether oxygens (including phenoxy) is 1. The van der Waals surface area contributed by atoms with Crippen LogP contribution in [0.2, 0.25) is 0 Å². The van der Waals surface area contributed by atoms with Crippen molar-refractivity contribution in [3.8, 4) is 17.1 Å². The number of nitrogens with one attached hydrogen (secondary N) is 1. The normalized spacial score (nSPS) is 17.5. The highest BCUT2D eigenvalue weighted by molar-refractivity contribution is 7.14. The fourth-order valence-corrected chi connectivity index (χ4v) is 4.47. The summed E-state index contributed by atoms with van der Waals surface area (Å²) in [5.41, 5.74) is -0.603. The first kappa shape index (κ1) is 22.8. The van der Waals surface area contributed by atoms with Gasteiger partial charge in [0.2, 0.25) is 11.8 Å². The maximum Gasteiger partial charge on any atom is 0.416 e. The molecule has 0 fully saturated rings. The zero-order valence-electron chi connectivity index (χ0n) is 17.8. The lowest BCUT2D eigenvalue weighted by molar-refractivity contribution is -0.137. The highest BCUT2D eigenvalue weighted by atomic mass is 32.1. The van der Waals surface area contributed by atoms with Crippen LogP contribution in [-0.4, -0.2) is 26.1 Å². The van der Waals surface area contributed by atoms with E-state index in [-0.39, 0.29) is 23.0 Å². The molecule has 1 aliphatic heterocycles. The summed E-state index contributed by atoms with van der Waals surface area (Å²) in [4.78, 5) is 41.7. The summed E-state index contributed by atoms with van der Waals surface area (Å²) in [7, 11) is 2.86. The van der Waals surface area contributed by atoms with E-state index >= 15 is 0 Å². The minimum atomic E-state index is -4.42. The Morgan fingerprint density at radius 1 is 1.18 bits per heavy atom. The number of thiazole rings is 1. The Morgan fingerprint density at radius 2 is 1.85 bits per heavy atom. The Labute approximate surface area is 189 Å². The molecule has 2 atom stereocenters. The van der Waals surface area contributed by atoms with Crippen molar-refractivity contribution in [1.29, 1.82) is 0 Å². The van der Waals surface area contributed by atoms with Crippen LogP contribution in [-0.2, 0) is 25.1 Å². The third-order valence-corrected chi connectivity index (χ3v) is 6.30. The van der Waals surface area contributed by atoms with Gasteiger partial charge in [-0.3, -0.25) is 18.7 Å². The van der Waals surface area contributed by atoms with Crippen LogP contribution in [0.4, 0.5) is 18.3 Å². The van der Waals surface area contributed by atoms with Crippen molar-refractivity contribution in [3.05, 3.63) is 61.6 Å². The third-order valence-electron chi connectivity index (χ3n) is 5.54. The first-order valence-corrected chi connectivity index (χ1v) is 10.7. The second kappa shape index (κ2) is 8.18. The molecule has 4 rings (SSSR count). The second-order valence-corrected chi connectivity index (χ2v) is 8.58. The van der Waals surface area contributed by atoms with Crippen LogP contribution in [0.25, 0.3) is 11.3 Å². The number of alkyl halides is 3. The number of fused-ring (bicyclic) bond motifs is 1. The molecule has 1 N–H and O–H groups in total. The molecule has 3 aromatic rings. The Kier molecular flexibility index (Phi) is 5.64. The molecule has 174 valence electrons. The van der Waals surface area contributed by atoms with E-state index in [0.717, 1.165) is 28.0 Å². The fraction of sp³-hybridized carbons (Fsp3) is 0.333. The molecular weight excluding hydrogens is 461 g/mol. The topological polar surface area (TPSA) is 95.2 Å². The lowest BCUT2D eigenvalue weighted by atomic mass is 9.94. The maximum atomic E-state index is 12.7. The Balaban J connectivity index is 1.50. The average Bonchev–Trinajstić information content (AvgIpc) is 3.35. The summed E-state index contributed by atoms with van der Waals surface area (Å²) in [6, 6.07) is 4.58. The van der Waals surface area contributed by atoms with Gasteiger partial charge in [-0.2, -0.15) is 13.2 Å². The van der Waals surface area contributed by atoms with E-state index in [1.807, 2.05) is 0 Å². The molecular formula is C21H19F3N4O4S. The van der Waals surface area contributed by atoms with E-state index in [0.29, 0.717) is 11.3 Å². The summed E-state index contributed by atoms with van der Waals surface area (Å²) >= 11 is 1.13. The average molecular weight is 480 g/mol. The molecule has 0 radical (unpaired) electrons. The number of halogens is 3. The second-order valence-electron chi connectivity index (χ2n) is 7.72. The van der Waals surface area contributed by atoms with Gasteiger partial charge in [0, 0.05) is 37.4 Å². The van der Waals surface area contributed by atoms with Gasteiger partial charge in [-0.25, -0.2) is 9.78 Å². The number of nitrogens with zero attached hydrogens (tertiary/aromatic N) is 3. The molecule has 1 aliphatic rings. The molecule has 12 heteroatoms. The molecule has 0 saturated heterocycles. The van der Waals surface area contributed by atoms with Crippen LogP contribution in [0.3, 0.4) is 0 Å². The van der Waals surface area contributed by atoms with Gasteiger partial charge in [-0.05, 0) is 19.1 Å². The van der Waals surface area contributed by atoms with Crippen LogP contribution < -0.4 is 21.3 Å². The minimum absolute atomic E-state index is 0.0726. The van der Waals surface area contributed by atoms with E-state index in [1.165, 1.54) is 30.8 Å². The van der Waals surface area contributed by atoms with Crippen LogP contribution in [0.1, 0.15) is 30.4 Å². The zero-order chi connectivity index (χ0) is 24.1. The van der Waals surface area contributed by atoms with Crippen molar-refractivity contribution in [3.63, 3.8) is 0 Å². The number of rotatable bonds is 4. The molecule has 2 unspecified atom stereocenters. The van der Waals surface area contributed by atoms with Gasteiger partial charge in [-0.15, -0.1) is 11.3 Å². The summed E-state index contributed by atoms with van der Waals surface area (Å²) in [6.45, 7) is 1.72. The van der Waals surface area contributed by atoms with E-state index in [9.17, 15) is 27.6 Å². The van der Waals surface area contributed by atoms with Crippen LogP contribution in [0.5, 0.6) is 5.88 Å². The molecule has 0 spiro atoms. The van der Waals surface area contributed by atoms with Crippen molar-refractivity contribution >= 4 is 22.4 Å². The van der Waals surface area contributed by atoms with Crippen molar-refractivity contribution in [2.24, 2.45) is 14.1 Å². The van der Waals surface area contributed by atoms with Crippen molar-refractivity contribution in [1.82, 2.24) is 14.1 Å². The molecule has 0 saturated carbocycles. The molecule has 3 heterocycles. The van der Waals surface area contributed by atoms with Gasteiger partial charge in [0.25, 0.3) is 5.56 Å². The summed E-state index contributed by atoms with van der Waals surface area (Å²) < 4.78 is 46.1. The predicted octanol–water partition coefficient (Wildman–Crippen LogP) is 3.12. The molecule has 0 aliphatic carbocycles. The first-order valence-electron chi connectivity index (χ1n) is 9.87. The Hall–Kier alpha value is -3.41. The maximum absolute atomic E-state index is 12.7. The van der Waals surface area contributed by atoms with Crippen molar-refractivity contribution in [2.45, 2.75) is 31.5 Å². The van der Waals surface area contributed by atoms with E-state index < -0.39 is 40.9 Å². The quantitative estimate of drug-likeness (QED) is 0.619. The monoisotopic (exact) mass is 480 g/mol. The van der Waals surface area contributed by atoms with Gasteiger partial charge >= 0.3 is 11.9 Å². The van der Waals surface area contributed by atoms with E-state index in [2.05, 4.69) is 10.3 Å². The third kappa shape index (κ3) is 4.17. The van der Waals surface area contributed by atoms with Crippen molar-refractivity contribution in [2.75, 3.05) is 5.32 Å². The van der Waals surface area contributed by atoms with E-state index in [1.54, 1.807) is 12.3 Å². The molecule has 2 aromatic heterocycles. The predicted molar refractivity (Wildman–Crippen MR) is 116 cm³/mol. The molecule has 33 heavy (non-hydrogen) atoms. The largest absolute Gasteiger partial charge is 0.475 e. The van der Waals surface area contributed by atoms with Gasteiger partial charge in [-0.1, -0.05) is 12.1 Å². The van der Waals surface area contributed by atoms with Gasteiger partial charge in [0.15, 0.2) is 5.13 Å². The van der Waals surface area contributed by atoms with Gasteiger partial charge in [0.1, 0.15) is 6.10 Å². The Bertz CT molecular complexity index is 1340. The number of carbonyl (C=O) groups is 1. The fourth-order valence-electron chi connectivity index (χ4n) is 3.74. The summed E-state index contributed by atoms with van der Waals surface area (Å²) in [5.74, 6) is -0.806. The molecule has 1 amide bonds. The first-order chi connectivity index (χ1) is 15.5. The summed E-state index contributed by atoms with van der Waals surface area (Å²) in [6.07, 6.45) is -4.99. The van der Waals surface area contributed by atoms with Crippen LogP contribution >= 0.6 is 11.3 Å². The minimum Gasteiger partial charge on any atom is -0.475 e. The standard InChI is InChI=1S/C21H19F3N4O4S/c1-10-13(16-17(30)27(2)20(31)28(3)18(16)32-10)8-15(29)26-19-25-14(9-33-19)11-4-6-12(7-5-11)21(22,23)24/h4-7,9-10,13H,8H2,1-3H3,(H,25,26,29). The highest BCUT2D eigenvalue weighted by Crippen LogP contribution is 2.37. The zero-order valence-corrected chi connectivity index (χ0v) is 18.6. The van der Waals surface area contributed by atoms with Crippen LogP contribution in [0.15, 0.2) is 39.2 Å². The van der Waals surface area contributed by atoms with Crippen LogP contribution in [0, 0.1) is 0 Å². The molecule has 8 nitrogen and oxygen atoms in total. The van der Waals surface area contributed by atoms with E-state index in [4.69, 9.17) is 4.74 Å². The van der Waals surface area contributed by atoms with Crippen molar-refractivity contribution < 1.29 is 22.7 Å². The molecule has 1 aromatic carbocycles.